The Labute approximate surface area is 201 Å². The molecule has 0 bridgehead atoms. The van der Waals surface area contributed by atoms with Gasteiger partial charge in [-0.1, -0.05) is 60.2 Å². The van der Waals surface area contributed by atoms with Gasteiger partial charge in [0, 0.05) is 37.6 Å². The van der Waals surface area contributed by atoms with Gasteiger partial charge in [-0.2, -0.15) is 5.10 Å². The van der Waals surface area contributed by atoms with Crippen LogP contribution < -0.4 is 10.3 Å². The molecule has 0 radical (unpaired) electrons. The number of carbonyl (C=O) groups is 1. The molecule has 5 heteroatoms. The minimum absolute atomic E-state index is 0.112. The second-order valence-corrected chi connectivity index (χ2v) is 8.53. The summed E-state index contributed by atoms with van der Waals surface area (Å²) in [6.07, 6.45) is 2.63. The quantitative estimate of drug-likeness (QED) is 0.281. The van der Waals surface area contributed by atoms with E-state index in [1.54, 1.807) is 6.21 Å². The number of hydrogen-bond donors (Lipinski definition) is 1. The van der Waals surface area contributed by atoms with Gasteiger partial charge in [-0.3, -0.25) is 4.79 Å². The van der Waals surface area contributed by atoms with E-state index in [1.807, 2.05) is 61.5 Å². The molecule has 0 saturated heterocycles. The summed E-state index contributed by atoms with van der Waals surface area (Å²) < 4.78 is 2.23. The summed E-state index contributed by atoms with van der Waals surface area (Å²) in [4.78, 5) is 14.5. The van der Waals surface area contributed by atoms with Gasteiger partial charge in [-0.15, -0.1) is 0 Å². The number of nitrogens with zero attached hydrogens (tertiary/aromatic N) is 3. The summed E-state index contributed by atoms with van der Waals surface area (Å²) >= 11 is 0. The molecule has 1 N–H and O–H groups in total. The first-order chi connectivity index (χ1) is 16.5. The van der Waals surface area contributed by atoms with Crippen molar-refractivity contribution in [3.05, 3.63) is 108 Å². The summed E-state index contributed by atoms with van der Waals surface area (Å²) in [7, 11) is 4.00. The number of benzene rings is 3. The van der Waals surface area contributed by atoms with Crippen molar-refractivity contribution in [2.45, 2.75) is 19.8 Å². The Morgan fingerprint density at radius 3 is 2.29 bits per heavy atom. The third-order valence-corrected chi connectivity index (χ3v) is 5.74. The molecule has 0 spiro atoms. The van der Waals surface area contributed by atoms with E-state index in [0.717, 1.165) is 33.9 Å². The van der Waals surface area contributed by atoms with Crippen molar-refractivity contribution >= 4 is 17.8 Å². The van der Waals surface area contributed by atoms with Crippen molar-refractivity contribution in [2.75, 3.05) is 19.0 Å². The van der Waals surface area contributed by atoms with Crippen LogP contribution >= 0.6 is 0 Å². The first-order valence-corrected chi connectivity index (χ1v) is 11.4. The highest BCUT2D eigenvalue weighted by Crippen LogP contribution is 2.27. The molecule has 3 aromatic carbocycles. The van der Waals surface area contributed by atoms with Crippen LogP contribution in [0.25, 0.3) is 16.9 Å². The molecule has 4 aromatic rings. The average Bonchev–Trinajstić information content (AvgIpc) is 3.28. The fourth-order valence-electron chi connectivity index (χ4n) is 3.84. The van der Waals surface area contributed by atoms with Crippen LogP contribution in [0, 0.1) is 6.92 Å². The second-order valence-electron chi connectivity index (χ2n) is 8.53. The third kappa shape index (κ3) is 5.62. The summed E-state index contributed by atoms with van der Waals surface area (Å²) in [6, 6.07) is 31.0. The Balaban J connectivity index is 1.45. The molecule has 0 atom stereocenters. The number of aromatic nitrogens is 1. The van der Waals surface area contributed by atoms with E-state index in [4.69, 9.17) is 0 Å². The molecule has 172 valence electrons. The monoisotopic (exact) mass is 450 g/mol. The van der Waals surface area contributed by atoms with Crippen molar-refractivity contribution in [2.24, 2.45) is 5.10 Å². The van der Waals surface area contributed by atoms with E-state index in [0.29, 0.717) is 12.8 Å². The van der Waals surface area contributed by atoms with Crippen LogP contribution in [0.15, 0.2) is 96.1 Å². The van der Waals surface area contributed by atoms with E-state index in [9.17, 15) is 4.79 Å². The molecule has 0 aliphatic heterocycles. The van der Waals surface area contributed by atoms with Gasteiger partial charge in [-0.05, 0) is 60.9 Å². The fourth-order valence-corrected chi connectivity index (χ4v) is 3.84. The molecule has 4 rings (SSSR count). The largest absolute Gasteiger partial charge is 0.378 e. The molecule has 0 aliphatic carbocycles. The minimum atomic E-state index is -0.112. The van der Waals surface area contributed by atoms with Gasteiger partial charge in [0.15, 0.2) is 0 Å². The lowest BCUT2D eigenvalue weighted by Crippen LogP contribution is -2.18. The number of hydrazone groups is 1. The smallest absolute Gasteiger partial charge is 0.240 e. The van der Waals surface area contributed by atoms with Crippen LogP contribution in [-0.2, 0) is 11.2 Å². The zero-order valence-electron chi connectivity index (χ0n) is 19.9. The maximum Gasteiger partial charge on any atom is 0.240 e. The Kier molecular flexibility index (Phi) is 7.23. The summed E-state index contributed by atoms with van der Waals surface area (Å²) in [6.45, 7) is 2.08. The van der Waals surface area contributed by atoms with Crippen molar-refractivity contribution in [1.29, 1.82) is 0 Å². The lowest BCUT2D eigenvalue weighted by molar-refractivity contribution is -0.121. The number of amides is 1. The Bertz CT molecular complexity index is 1250. The van der Waals surface area contributed by atoms with Crippen LogP contribution in [0.2, 0.25) is 0 Å². The van der Waals surface area contributed by atoms with E-state index in [1.165, 1.54) is 5.56 Å². The van der Waals surface area contributed by atoms with Crippen LogP contribution in [0.1, 0.15) is 23.2 Å². The van der Waals surface area contributed by atoms with Gasteiger partial charge < -0.3 is 9.47 Å². The van der Waals surface area contributed by atoms with E-state index >= 15 is 0 Å². The molecule has 1 amide bonds. The predicted octanol–water partition coefficient (Wildman–Crippen LogP) is 5.60. The van der Waals surface area contributed by atoms with E-state index in [2.05, 4.69) is 70.5 Å². The SMILES string of the molecule is Cc1ccc(-n2c(CCC(=O)N/N=C/c3ccc(N(C)C)cc3)ccc2-c2ccccc2)cc1. The number of hydrogen-bond acceptors (Lipinski definition) is 3. The van der Waals surface area contributed by atoms with Crippen molar-refractivity contribution in [3.63, 3.8) is 0 Å². The zero-order valence-corrected chi connectivity index (χ0v) is 19.9. The maximum absolute atomic E-state index is 12.5. The molecule has 0 aliphatic rings. The van der Waals surface area contributed by atoms with Gasteiger partial charge in [0.1, 0.15) is 0 Å². The predicted molar refractivity (Wildman–Crippen MR) is 141 cm³/mol. The van der Waals surface area contributed by atoms with Crippen molar-refractivity contribution in [3.8, 4) is 16.9 Å². The first-order valence-electron chi connectivity index (χ1n) is 11.4. The summed E-state index contributed by atoms with van der Waals surface area (Å²) in [5.74, 6) is -0.112. The van der Waals surface area contributed by atoms with Crippen LogP contribution in [-0.4, -0.2) is 30.8 Å². The van der Waals surface area contributed by atoms with E-state index in [-0.39, 0.29) is 5.91 Å². The molecule has 1 heterocycles. The summed E-state index contributed by atoms with van der Waals surface area (Å²) in [5.41, 5.74) is 10.3. The molecule has 5 nitrogen and oxygen atoms in total. The molecule has 1 aromatic heterocycles. The number of carbonyl (C=O) groups excluding carboxylic acids is 1. The highest BCUT2D eigenvalue weighted by atomic mass is 16.2. The van der Waals surface area contributed by atoms with E-state index < -0.39 is 0 Å². The first kappa shape index (κ1) is 23.1. The number of rotatable bonds is 8. The Morgan fingerprint density at radius 1 is 0.912 bits per heavy atom. The Morgan fingerprint density at radius 2 is 1.62 bits per heavy atom. The molecule has 0 saturated carbocycles. The normalized spacial score (nSPS) is 11.0. The van der Waals surface area contributed by atoms with Gasteiger partial charge in [-0.25, -0.2) is 5.43 Å². The zero-order chi connectivity index (χ0) is 23.9. The molecular formula is C29H30N4O. The molecule has 0 fully saturated rings. The Hall–Kier alpha value is -4.12. The third-order valence-electron chi connectivity index (χ3n) is 5.74. The standard InChI is InChI=1S/C29H30N4O/c1-22-9-13-26(14-10-22)33-27(17-19-28(33)24-7-5-4-6-8-24)18-20-29(34)31-30-21-23-11-15-25(16-12-23)32(2)3/h4-17,19,21H,18,20H2,1-3H3,(H,31,34)/b30-21+. The van der Waals surface area contributed by atoms with Crippen molar-refractivity contribution < 1.29 is 4.79 Å². The van der Waals surface area contributed by atoms with Crippen LogP contribution in [0.4, 0.5) is 5.69 Å². The number of aryl methyl sites for hydroxylation is 2. The van der Waals surface area contributed by atoms with Gasteiger partial charge in [0.2, 0.25) is 5.91 Å². The topological polar surface area (TPSA) is 49.6 Å². The van der Waals surface area contributed by atoms with Gasteiger partial charge >= 0.3 is 0 Å². The minimum Gasteiger partial charge on any atom is -0.378 e. The van der Waals surface area contributed by atoms with Crippen LogP contribution in [0.5, 0.6) is 0 Å². The number of anilines is 1. The second kappa shape index (κ2) is 10.7. The van der Waals surface area contributed by atoms with Gasteiger partial charge in [0.25, 0.3) is 0 Å². The molecule has 34 heavy (non-hydrogen) atoms. The molecule has 0 unspecified atom stereocenters. The summed E-state index contributed by atoms with van der Waals surface area (Å²) in [5, 5.41) is 4.13. The van der Waals surface area contributed by atoms with Gasteiger partial charge in [0.05, 0.1) is 11.9 Å². The van der Waals surface area contributed by atoms with Crippen molar-refractivity contribution in [1.82, 2.24) is 9.99 Å². The van der Waals surface area contributed by atoms with Crippen LogP contribution in [0.3, 0.4) is 0 Å². The highest BCUT2D eigenvalue weighted by Gasteiger charge is 2.13. The average molecular weight is 451 g/mol. The highest BCUT2D eigenvalue weighted by molar-refractivity contribution is 5.83. The maximum atomic E-state index is 12.5. The molecular weight excluding hydrogens is 420 g/mol. The fraction of sp³-hybridized carbons (Fsp3) is 0.172. The lowest BCUT2D eigenvalue weighted by atomic mass is 10.1. The lowest BCUT2D eigenvalue weighted by Gasteiger charge is -2.14. The number of nitrogens with one attached hydrogen (secondary N) is 1.